The molecular weight excluding hydrogens is 353 g/mol. The van der Waals surface area contributed by atoms with Crippen molar-refractivity contribution in [1.29, 1.82) is 5.26 Å². The van der Waals surface area contributed by atoms with E-state index in [9.17, 15) is 14.4 Å². The van der Waals surface area contributed by atoms with Gasteiger partial charge in [0.25, 0.3) is 5.91 Å². The zero-order valence-electron chi connectivity index (χ0n) is 16.0. The lowest BCUT2D eigenvalue weighted by atomic mass is 10.1. The van der Waals surface area contributed by atoms with E-state index in [4.69, 9.17) is 0 Å². The molecule has 0 fully saturated rings. The van der Waals surface area contributed by atoms with Crippen LogP contribution in [0.4, 0.5) is 10.1 Å². The fourth-order valence-corrected chi connectivity index (χ4v) is 3.06. The molecule has 0 saturated heterocycles. The van der Waals surface area contributed by atoms with Crippen molar-refractivity contribution in [3.63, 3.8) is 0 Å². The number of nitrogens with zero attached hydrogens (tertiary/aromatic N) is 2. The summed E-state index contributed by atoms with van der Waals surface area (Å²) in [6.07, 6.45) is 1.58. The fourth-order valence-electron chi connectivity index (χ4n) is 3.06. The van der Waals surface area contributed by atoms with Gasteiger partial charge in [-0.2, -0.15) is 5.26 Å². The molecule has 3 aromatic rings. The molecule has 0 aliphatic rings. The monoisotopic (exact) mass is 373 g/mol. The summed E-state index contributed by atoms with van der Waals surface area (Å²) in [4.78, 5) is 12.4. The van der Waals surface area contributed by atoms with Gasteiger partial charge < -0.3 is 9.88 Å². The van der Waals surface area contributed by atoms with Crippen LogP contribution in [0.25, 0.3) is 11.8 Å². The fraction of sp³-hybridized carbons (Fsp3) is 0.130. The van der Waals surface area contributed by atoms with Crippen LogP contribution in [-0.4, -0.2) is 10.5 Å². The van der Waals surface area contributed by atoms with Crippen LogP contribution in [0.3, 0.4) is 0 Å². The average Bonchev–Trinajstić information content (AvgIpc) is 2.95. The molecule has 140 valence electrons. The Kier molecular flexibility index (Phi) is 5.42. The van der Waals surface area contributed by atoms with Crippen LogP contribution in [0.1, 0.15) is 22.5 Å². The van der Waals surface area contributed by atoms with E-state index >= 15 is 0 Å². The lowest BCUT2D eigenvalue weighted by Gasteiger charge is -2.10. The first-order chi connectivity index (χ1) is 13.4. The molecule has 0 aliphatic carbocycles. The van der Waals surface area contributed by atoms with E-state index in [0.717, 1.165) is 22.6 Å². The first-order valence-electron chi connectivity index (χ1n) is 8.83. The molecule has 0 spiro atoms. The summed E-state index contributed by atoms with van der Waals surface area (Å²) in [5, 5.41) is 12.1. The molecule has 1 amide bonds. The summed E-state index contributed by atoms with van der Waals surface area (Å²) >= 11 is 0. The molecule has 5 heteroatoms. The molecule has 2 aromatic carbocycles. The van der Waals surface area contributed by atoms with E-state index in [1.54, 1.807) is 6.08 Å². The van der Waals surface area contributed by atoms with Crippen LogP contribution in [0.15, 0.2) is 60.2 Å². The molecule has 1 heterocycles. The molecule has 0 bridgehead atoms. The second kappa shape index (κ2) is 7.93. The molecule has 4 nitrogen and oxygen atoms in total. The Balaban J connectivity index is 1.91. The first kappa shape index (κ1) is 19.1. The lowest BCUT2D eigenvalue weighted by molar-refractivity contribution is -0.112. The summed E-state index contributed by atoms with van der Waals surface area (Å²) in [5.74, 6) is -0.924. The number of hydrogen-bond acceptors (Lipinski definition) is 2. The predicted octanol–water partition coefficient (Wildman–Crippen LogP) is 5.09. The van der Waals surface area contributed by atoms with Crippen molar-refractivity contribution in [2.45, 2.75) is 20.8 Å². The van der Waals surface area contributed by atoms with E-state index in [1.807, 2.05) is 57.2 Å². The highest BCUT2D eigenvalue weighted by molar-refractivity contribution is 6.09. The smallest absolute Gasteiger partial charge is 0.266 e. The zero-order valence-corrected chi connectivity index (χ0v) is 16.0. The molecule has 28 heavy (non-hydrogen) atoms. The van der Waals surface area contributed by atoms with Crippen LogP contribution in [0.2, 0.25) is 0 Å². The molecule has 3 rings (SSSR count). The van der Waals surface area contributed by atoms with Gasteiger partial charge in [-0.3, -0.25) is 4.79 Å². The number of anilines is 1. The third kappa shape index (κ3) is 4.02. The summed E-state index contributed by atoms with van der Waals surface area (Å²) in [6.45, 7) is 5.96. The second-order valence-corrected chi connectivity index (χ2v) is 6.63. The Morgan fingerprint density at radius 1 is 1.07 bits per heavy atom. The highest BCUT2D eigenvalue weighted by Crippen LogP contribution is 2.23. The molecule has 1 N–H and O–H groups in total. The van der Waals surface area contributed by atoms with E-state index in [1.165, 1.54) is 29.8 Å². The van der Waals surface area contributed by atoms with Gasteiger partial charge in [-0.05, 0) is 74.9 Å². The van der Waals surface area contributed by atoms with Gasteiger partial charge in [-0.1, -0.05) is 17.7 Å². The maximum Gasteiger partial charge on any atom is 0.266 e. The maximum absolute atomic E-state index is 13.0. The number of benzene rings is 2. The highest BCUT2D eigenvalue weighted by atomic mass is 19.1. The molecule has 0 aliphatic heterocycles. The normalized spacial score (nSPS) is 11.2. The van der Waals surface area contributed by atoms with Crippen molar-refractivity contribution in [2.75, 3.05) is 5.32 Å². The number of hydrogen-bond donors (Lipinski definition) is 1. The van der Waals surface area contributed by atoms with Gasteiger partial charge in [0.1, 0.15) is 17.5 Å². The predicted molar refractivity (Wildman–Crippen MR) is 109 cm³/mol. The Hall–Kier alpha value is -3.65. The summed E-state index contributed by atoms with van der Waals surface area (Å²) in [5.41, 5.74) is 5.34. The number of carbonyl (C=O) groups is 1. The van der Waals surface area contributed by atoms with Crippen LogP contribution >= 0.6 is 0 Å². The summed E-state index contributed by atoms with van der Waals surface area (Å²) < 4.78 is 15.1. The van der Waals surface area contributed by atoms with Crippen molar-refractivity contribution in [1.82, 2.24) is 4.57 Å². The Bertz CT molecular complexity index is 1080. The van der Waals surface area contributed by atoms with Crippen molar-refractivity contribution in [2.24, 2.45) is 0 Å². The standard InChI is InChI=1S/C23H20FN3O/c1-15-4-10-22(11-5-15)27-16(2)12-18(17(27)3)13-19(14-25)23(28)26-21-8-6-20(24)7-9-21/h4-13H,1-3H3,(H,26,28)/b19-13+. The number of nitriles is 1. The molecule has 0 saturated carbocycles. The van der Waals surface area contributed by atoms with Crippen LogP contribution < -0.4 is 5.32 Å². The first-order valence-corrected chi connectivity index (χ1v) is 8.83. The van der Waals surface area contributed by atoms with Gasteiger partial charge in [0.05, 0.1) is 0 Å². The molecular formula is C23H20FN3O. The number of amides is 1. The van der Waals surface area contributed by atoms with Crippen LogP contribution in [0.5, 0.6) is 0 Å². The van der Waals surface area contributed by atoms with Crippen molar-refractivity contribution in [3.05, 3.63) is 88.5 Å². The van der Waals surface area contributed by atoms with E-state index in [0.29, 0.717) is 5.69 Å². The third-order valence-corrected chi connectivity index (χ3v) is 4.53. The number of aryl methyl sites for hydroxylation is 2. The molecule has 0 radical (unpaired) electrons. The van der Waals surface area contributed by atoms with Gasteiger partial charge in [-0.25, -0.2) is 4.39 Å². The van der Waals surface area contributed by atoms with E-state index in [2.05, 4.69) is 9.88 Å². The quantitative estimate of drug-likeness (QED) is 0.512. The Morgan fingerprint density at radius 2 is 1.71 bits per heavy atom. The average molecular weight is 373 g/mol. The van der Waals surface area contributed by atoms with Crippen LogP contribution in [0, 0.1) is 37.9 Å². The minimum absolute atomic E-state index is 0.0199. The highest BCUT2D eigenvalue weighted by Gasteiger charge is 2.14. The topological polar surface area (TPSA) is 57.8 Å². The van der Waals surface area contributed by atoms with Crippen molar-refractivity contribution in [3.8, 4) is 11.8 Å². The van der Waals surface area contributed by atoms with Crippen molar-refractivity contribution >= 4 is 17.7 Å². The Labute approximate surface area is 163 Å². The van der Waals surface area contributed by atoms with Gasteiger partial charge in [0, 0.05) is 22.8 Å². The zero-order chi connectivity index (χ0) is 20.3. The van der Waals surface area contributed by atoms with Gasteiger partial charge in [0.15, 0.2) is 0 Å². The lowest BCUT2D eigenvalue weighted by Crippen LogP contribution is -2.13. The van der Waals surface area contributed by atoms with E-state index in [-0.39, 0.29) is 5.57 Å². The van der Waals surface area contributed by atoms with Gasteiger partial charge >= 0.3 is 0 Å². The SMILES string of the molecule is Cc1ccc(-n2c(C)cc(/C=C(\C#N)C(=O)Nc3ccc(F)cc3)c2C)cc1. The Morgan fingerprint density at radius 3 is 2.32 bits per heavy atom. The number of nitrogens with one attached hydrogen (secondary N) is 1. The number of halogens is 1. The molecule has 1 aromatic heterocycles. The minimum atomic E-state index is -0.533. The van der Waals surface area contributed by atoms with Crippen LogP contribution in [-0.2, 0) is 4.79 Å². The number of carbonyl (C=O) groups excluding carboxylic acids is 1. The second-order valence-electron chi connectivity index (χ2n) is 6.63. The summed E-state index contributed by atoms with van der Waals surface area (Å²) in [6, 6.07) is 17.5. The van der Waals surface area contributed by atoms with Gasteiger partial charge in [-0.15, -0.1) is 0 Å². The maximum atomic E-state index is 13.0. The minimum Gasteiger partial charge on any atom is -0.321 e. The molecule has 0 atom stereocenters. The largest absolute Gasteiger partial charge is 0.321 e. The summed E-state index contributed by atoms with van der Waals surface area (Å²) in [7, 11) is 0. The number of rotatable bonds is 4. The van der Waals surface area contributed by atoms with E-state index < -0.39 is 11.7 Å². The number of aromatic nitrogens is 1. The van der Waals surface area contributed by atoms with Crippen molar-refractivity contribution < 1.29 is 9.18 Å². The molecule has 0 unspecified atom stereocenters. The third-order valence-electron chi connectivity index (χ3n) is 4.53. The van der Waals surface area contributed by atoms with Gasteiger partial charge in [0.2, 0.25) is 0 Å².